The minimum atomic E-state index is -0.395. The summed E-state index contributed by atoms with van der Waals surface area (Å²) < 4.78 is 0. The highest BCUT2D eigenvalue weighted by Gasteiger charge is 2.14. The van der Waals surface area contributed by atoms with E-state index in [0.717, 1.165) is 5.56 Å². The van der Waals surface area contributed by atoms with Crippen LogP contribution in [-0.4, -0.2) is 16.6 Å². The van der Waals surface area contributed by atoms with Gasteiger partial charge in [0.05, 0.1) is 17.6 Å². The fourth-order valence-corrected chi connectivity index (χ4v) is 2.04. The highest BCUT2D eigenvalue weighted by atomic mass is 16.6. The smallest absolute Gasteiger partial charge is 0.273 e. The molecule has 0 heterocycles. The van der Waals surface area contributed by atoms with E-state index in [2.05, 4.69) is 5.32 Å². The van der Waals surface area contributed by atoms with Crippen LogP contribution in [0.15, 0.2) is 54.6 Å². The van der Waals surface area contributed by atoms with Crippen LogP contribution in [0.4, 0.5) is 5.69 Å². The summed E-state index contributed by atoms with van der Waals surface area (Å²) >= 11 is 0. The Kier molecular flexibility index (Phi) is 4.81. The number of hydrogen-bond acceptors (Lipinski definition) is 4. The third-order valence-electron chi connectivity index (χ3n) is 3.11. The van der Waals surface area contributed by atoms with E-state index in [-0.39, 0.29) is 18.3 Å². The molecule has 1 unspecified atom stereocenters. The Morgan fingerprint density at radius 3 is 2.40 bits per heavy atom. The van der Waals surface area contributed by atoms with Gasteiger partial charge in [-0.15, -0.1) is 0 Å². The largest absolute Gasteiger partial charge is 0.394 e. The quantitative estimate of drug-likeness (QED) is 0.625. The minimum absolute atomic E-state index is 0.0648. The van der Waals surface area contributed by atoms with Gasteiger partial charge in [-0.2, -0.15) is 0 Å². The number of rotatable bonds is 6. The molecule has 5 nitrogen and oxygen atoms in total. The number of nitro benzene ring substituents is 1. The number of hydrogen-bond donors (Lipinski definition) is 2. The lowest BCUT2D eigenvalue weighted by Gasteiger charge is -2.16. The van der Waals surface area contributed by atoms with Crippen LogP contribution in [0.2, 0.25) is 0 Å². The van der Waals surface area contributed by atoms with Gasteiger partial charge in [-0.3, -0.25) is 10.1 Å². The molecule has 2 N–H and O–H groups in total. The lowest BCUT2D eigenvalue weighted by molar-refractivity contribution is -0.385. The van der Waals surface area contributed by atoms with Crippen molar-refractivity contribution in [2.45, 2.75) is 12.6 Å². The zero-order valence-corrected chi connectivity index (χ0v) is 10.9. The second-order valence-corrected chi connectivity index (χ2v) is 4.41. The summed E-state index contributed by atoms with van der Waals surface area (Å²) in [6.45, 7) is 0.266. The van der Waals surface area contributed by atoms with Crippen molar-refractivity contribution in [3.8, 4) is 0 Å². The summed E-state index contributed by atoms with van der Waals surface area (Å²) in [7, 11) is 0. The molecule has 0 aromatic heterocycles. The van der Waals surface area contributed by atoms with Crippen molar-refractivity contribution in [3.05, 3.63) is 75.8 Å². The van der Waals surface area contributed by atoms with E-state index < -0.39 is 4.92 Å². The number of nitrogens with zero attached hydrogens (tertiary/aromatic N) is 1. The third kappa shape index (κ3) is 3.40. The number of nitro groups is 1. The summed E-state index contributed by atoms with van der Waals surface area (Å²) in [6.07, 6.45) is 0. The molecule has 2 aromatic carbocycles. The summed E-state index contributed by atoms with van der Waals surface area (Å²) in [5, 5.41) is 23.5. The van der Waals surface area contributed by atoms with Crippen LogP contribution in [0.1, 0.15) is 17.2 Å². The van der Waals surface area contributed by atoms with Crippen molar-refractivity contribution in [2.75, 3.05) is 6.61 Å². The number of para-hydroxylation sites is 1. The Morgan fingerprint density at radius 1 is 1.10 bits per heavy atom. The fourth-order valence-electron chi connectivity index (χ4n) is 2.04. The molecule has 0 amide bonds. The summed E-state index contributed by atoms with van der Waals surface area (Å²) in [6, 6.07) is 15.9. The van der Waals surface area contributed by atoms with Gasteiger partial charge < -0.3 is 10.4 Å². The van der Waals surface area contributed by atoms with Crippen LogP contribution < -0.4 is 5.32 Å². The molecule has 0 fully saturated rings. The lowest BCUT2D eigenvalue weighted by atomic mass is 10.1. The number of nitrogens with one attached hydrogen (secondary N) is 1. The van der Waals surface area contributed by atoms with E-state index in [1.165, 1.54) is 6.07 Å². The maximum Gasteiger partial charge on any atom is 0.273 e. The van der Waals surface area contributed by atoms with Gasteiger partial charge in [0.1, 0.15) is 0 Å². The predicted molar refractivity (Wildman–Crippen MR) is 76.2 cm³/mol. The molecule has 0 saturated carbocycles. The van der Waals surface area contributed by atoms with Crippen molar-refractivity contribution in [1.82, 2.24) is 5.32 Å². The van der Waals surface area contributed by atoms with Gasteiger partial charge in [-0.25, -0.2) is 0 Å². The van der Waals surface area contributed by atoms with Gasteiger partial charge in [-0.1, -0.05) is 48.5 Å². The van der Waals surface area contributed by atoms with Gasteiger partial charge in [0, 0.05) is 18.2 Å². The van der Waals surface area contributed by atoms with Crippen molar-refractivity contribution in [1.29, 1.82) is 0 Å². The molecule has 20 heavy (non-hydrogen) atoms. The Balaban J connectivity index is 2.10. The average molecular weight is 272 g/mol. The van der Waals surface area contributed by atoms with Crippen molar-refractivity contribution in [3.63, 3.8) is 0 Å². The summed E-state index contributed by atoms with van der Waals surface area (Å²) in [5.74, 6) is 0. The number of aliphatic hydroxyl groups excluding tert-OH is 1. The first kappa shape index (κ1) is 14.2. The molecular weight excluding hydrogens is 256 g/mol. The molecule has 0 spiro atoms. The summed E-state index contributed by atoms with van der Waals surface area (Å²) in [5.41, 5.74) is 1.64. The van der Waals surface area contributed by atoms with Gasteiger partial charge in [0.25, 0.3) is 5.69 Å². The van der Waals surface area contributed by atoms with Gasteiger partial charge in [0.15, 0.2) is 0 Å². The van der Waals surface area contributed by atoms with Crippen LogP contribution in [-0.2, 0) is 6.54 Å². The van der Waals surface area contributed by atoms with E-state index in [1.807, 2.05) is 30.3 Å². The Labute approximate surface area is 117 Å². The molecule has 0 aliphatic rings. The van der Waals surface area contributed by atoms with E-state index >= 15 is 0 Å². The highest BCUT2D eigenvalue weighted by Crippen LogP contribution is 2.19. The molecule has 0 aliphatic carbocycles. The van der Waals surface area contributed by atoms with E-state index in [0.29, 0.717) is 12.1 Å². The highest BCUT2D eigenvalue weighted by molar-refractivity contribution is 5.39. The average Bonchev–Trinajstić information content (AvgIpc) is 2.49. The van der Waals surface area contributed by atoms with Gasteiger partial charge in [0.2, 0.25) is 0 Å². The van der Waals surface area contributed by atoms with Gasteiger partial charge >= 0.3 is 0 Å². The van der Waals surface area contributed by atoms with Crippen molar-refractivity contribution >= 4 is 5.69 Å². The first-order valence-electron chi connectivity index (χ1n) is 6.34. The van der Waals surface area contributed by atoms with Crippen molar-refractivity contribution in [2.24, 2.45) is 0 Å². The second kappa shape index (κ2) is 6.79. The molecule has 0 bridgehead atoms. The molecule has 104 valence electrons. The maximum atomic E-state index is 10.9. The lowest BCUT2D eigenvalue weighted by Crippen LogP contribution is -2.24. The fraction of sp³-hybridized carbons (Fsp3) is 0.200. The van der Waals surface area contributed by atoms with Crippen LogP contribution in [0.25, 0.3) is 0 Å². The molecule has 0 radical (unpaired) electrons. The topological polar surface area (TPSA) is 75.4 Å². The number of benzene rings is 2. The molecule has 2 aromatic rings. The zero-order valence-electron chi connectivity index (χ0n) is 10.9. The number of aliphatic hydroxyl groups is 1. The molecule has 0 saturated heterocycles. The molecule has 0 aliphatic heterocycles. The third-order valence-corrected chi connectivity index (χ3v) is 3.11. The first-order chi connectivity index (χ1) is 9.72. The normalized spacial score (nSPS) is 12.1. The Morgan fingerprint density at radius 2 is 1.75 bits per heavy atom. The SMILES string of the molecule is O=[N+]([O-])c1ccccc1CNC(CO)c1ccccc1. The monoisotopic (exact) mass is 272 g/mol. The van der Waals surface area contributed by atoms with Gasteiger partial charge in [-0.05, 0) is 5.56 Å². The second-order valence-electron chi connectivity index (χ2n) is 4.41. The molecule has 2 rings (SSSR count). The summed E-state index contributed by atoms with van der Waals surface area (Å²) in [4.78, 5) is 10.5. The van der Waals surface area contributed by atoms with E-state index in [9.17, 15) is 15.2 Å². The van der Waals surface area contributed by atoms with Crippen molar-refractivity contribution < 1.29 is 10.0 Å². The first-order valence-corrected chi connectivity index (χ1v) is 6.34. The van der Waals surface area contributed by atoms with Crippen LogP contribution >= 0.6 is 0 Å². The zero-order chi connectivity index (χ0) is 14.4. The maximum absolute atomic E-state index is 10.9. The van der Waals surface area contributed by atoms with E-state index in [4.69, 9.17) is 0 Å². The predicted octanol–water partition coefficient (Wildman–Crippen LogP) is 2.42. The molecule has 1 atom stereocenters. The van der Waals surface area contributed by atoms with E-state index in [1.54, 1.807) is 18.2 Å². The van der Waals surface area contributed by atoms with Crippen LogP contribution in [0.3, 0.4) is 0 Å². The van der Waals surface area contributed by atoms with Crippen LogP contribution in [0.5, 0.6) is 0 Å². The Bertz CT molecular complexity index is 572. The molecular formula is C15H16N2O3. The Hall–Kier alpha value is -2.24. The molecule has 5 heteroatoms. The minimum Gasteiger partial charge on any atom is -0.394 e. The standard InChI is InChI=1S/C15H16N2O3/c18-11-14(12-6-2-1-3-7-12)16-10-13-8-4-5-9-15(13)17(19)20/h1-9,14,16,18H,10-11H2. The van der Waals surface area contributed by atoms with Crippen LogP contribution in [0, 0.1) is 10.1 Å².